The van der Waals surface area contributed by atoms with Crippen LogP contribution in [0.25, 0.3) is 27.6 Å². The number of aliphatic hydroxyl groups excluding tert-OH is 1. The molecule has 3 heterocycles. The molecule has 0 aliphatic heterocycles. The van der Waals surface area contributed by atoms with Crippen LogP contribution in [0, 0.1) is 13.8 Å². The summed E-state index contributed by atoms with van der Waals surface area (Å²) in [5.74, 6) is 0.733. The molecule has 5 rings (SSSR count). The second-order valence-corrected chi connectivity index (χ2v) is 7.64. The molecule has 0 bridgehead atoms. The van der Waals surface area contributed by atoms with Crippen LogP contribution in [-0.2, 0) is 13.2 Å². The van der Waals surface area contributed by atoms with Crippen molar-refractivity contribution in [2.45, 2.75) is 27.0 Å². The Hall–Kier alpha value is -4.11. The van der Waals surface area contributed by atoms with E-state index in [1.807, 2.05) is 56.3 Å². The number of aliphatic hydroxyl groups is 1. The molecule has 0 amide bonds. The highest BCUT2D eigenvalue weighted by Gasteiger charge is 2.20. The Kier molecular flexibility index (Phi) is 4.67. The maximum absolute atomic E-state index is 13.7. The Morgan fingerprint density at radius 3 is 2.56 bits per heavy atom. The van der Waals surface area contributed by atoms with Gasteiger partial charge in [0.15, 0.2) is 5.65 Å². The molecular formula is C23H21N7O2. The Morgan fingerprint density at radius 1 is 1.00 bits per heavy atom. The molecule has 3 aromatic heterocycles. The smallest absolute Gasteiger partial charge is 0.266 e. The molecule has 0 saturated heterocycles. The maximum Gasteiger partial charge on any atom is 0.266 e. The Balaban J connectivity index is 1.81. The quantitative estimate of drug-likeness (QED) is 0.451. The molecule has 0 fully saturated rings. The van der Waals surface area contributed by atoms with Gasteiger partial charge in [-0.25, -0.2) is 19.6 Å². The van der Waals surface area contributed by atoms with Gasteiger partial charge in [0.1, 0.15) is 30.2 Å². The first-order chi connectivity index (χ1) is 15.5. The minimum atomic E-state index is -0.310. The number of fused-ring (bicyclic) bond motifs is 2. The average molecular weight is 427 g/mol. The summed E-state index contributed by atoms with van der Waals surface area (Å²) < 4.78 is 3.22. The van der Waals surface area contributed by atoms with E-state index in [1.54, 1.807) is 9.25 Å². The molecule has 0 aliphatic rings. The lowest BCUT2D eigenvalue weighted by atomic mass is 10.1. The van der Waals surface area contributed by atoms with E-state index in [4.69, 9.17) is 10.7 Å². The lowest BCUT2D eigenvalue weighted by Crippen LogP contribution is -2.26. The zero-order valence-corrected chi connectivity index (χ0v) is 17.6. The summed E-state index contributed by atoms with van der Waals surface area (Å²) in [6, 6.07) is 13.3. The molecular weight excluding hydrogens is 406 g/mol. The summed E-state index contributed by atoms with van der Waals surface area (Å²) in [6.07, 6.45) is 1.35. The summed E-state index contributed by atoms with van der Waals surface area (Å²) in [7, 11) is 0. The average Bonchev–Trinajstić information content (AvgIpc) is 3.14. The van der Waals surface area contributed by atoms with Crippen LogP contribution in [0.2, 0.25) is 0 Å². The molecule has 32 heavy (non-hydrogen) atoms. The molecule has 3 N–H and O–H groups in total. The van der Waals surface area contributed by atoms with Gasteiger partial charge in [-0.2, -0.15) is 5.10 Å². The van der Waals surface area contributed by atoms with Crippen LogP contribution in [0.4, 0.5) is 5.82 Å². The van der Waals surface area contributed by atoms with Crippen molar-refractivity contribution in [1.82, 2.24) is 29.3 Å². The van der Waals surface area contributed by atoms with E-state index in [-0.39, 0.29) is 24.5 Å². The number of aromatic nitrogens is 6. The van der Waals surface area contributed by atoms with Crippen molar-refractivity contribution in [3.05, 3.63) is 81.8 Å². The maximum atomic E-state index is 13.7. The third-order valence-corrected chi connectivity index (χ3v) is 5.60. The molecule has 0 radical (unpaired) electrons. The zero-order chi connectivity index (χ0) is 22.4. The lowest BCUT2D eigenvalue weighted by Gasteiger charge is -2.16. The van der Waals surface area contributed by atoms with E-state index in [0.29, 0.717) is 33.5 Å². The van der Waals surface area contributed by atoms with Gasteiger partial charge >= 0.3 is 0 Å². The van der Waals surface area contributed by atoms with Gasteiger partial charge in [0.25, 0.3) is 5.56 Å². The number of hydrogen-bond donors (Lipinski definition) is 2. The second kappa shape index (κ2) is 7.54. The minimum absolute atomic E-state index is 0.148. The second-order valence-electron chi connectivity index (χ2n) is 7.64. The third kappa shape index (κ3) is 3.02. The normalized spacial score (nSPS) is 11.5. The van der Waals surface area contributed by atoms with Gasteiger partial charge < -0.3 is 10.8 Å². The molecule has 9 nitrogen and oxygen atoms in total. The van der Waals surface area contributed by atoms with E-state index >= 15 is 0 Å². The predicted molar refractivity (Wildman–Crippen MR) is 122 cm³/mol. The van der Waals surface area contributed by atoms with Crippen LogP contribution in [0.15, 0.2) is 53.6 Å². The Labute approximate surface area is 182 Å². The zero-order valence-electron chi connectivity index (χ0n) is 17.6. The molecule has 0 spiro atoms. The van der Waals surface area contributed by atoms with E-state index in [9.17, 15) is 9.90 Å². The van der Waals surface area contributed by atoms with E-state index in [2.05, 4.69) is 15.1 Å². The van der Waals surface area contributed by atoms with Crippen molar-refractivity contribution < 1.29 is 5.11 Å². The number of rotatable bonds is 4. The first-order valence-electron chi connectivity index (χ1n) is 10.1. The fourth-order valence-corrected chi connectivity index (χ4v) is 4.07. The standard InChI is InChI=1S/C23H21N7O2/c1-13-6-3-4-9-17(13)30-18(27-15-8-5-7-14(2)19(15)23(30)32)10-29-22-20(16(11-31)28-29)21(24)25-12-26-22/h3-9,12,31H,10-11H2,1-2H3,(H2,24,25,26). The number of anilines is 1. The van der Waals surface area contributed by atoms with E-state index in [1.165, 1.54) is 6.33 Å². The van der Waals surface area contributed by atoms with Crippen LogP contribution < -0.4 is 11.3 Å². The summed E-state index contributed by atoms with van der Waals surface area (Å²) in [5.41, 5.74) is 9.87. The van der Waals surface area contributed by atoms with Crippen molar-refractivity contribution in [1.29, 1.82) is 0 Å². The van der Waals surface area contributed by atoms with Crippen molar-refractivity contribution >= 4 is 27.8 Å². The molecule has 2 aromatic carbocycles. The number of hydrogen-bond acceptors (Lipinski definition) is 7. The SMILES string of the molecule is Cc1ccccc1-n1c(Cn2nc(CO)c3c(N)ncnc32)nc2cccc(C)c2c1=O. The fourth-order valence-electron chi connectivity index (χ4n) is 4.07. The molecule has 0 atom stereocenters. The summed E-state index contributed by atoms with van der Waals surface area (Å²) >= 11 is 0. The predicted octanol–water partition coefficient (Wildman–Crippen LogP) is 2.27. The molecule has 0 aliphatic carbocycles. The van der Waals surface area contributed by atoms with Gasteiger partial charge in [-0.1, -0.05) is 30.3 Å². The van der Waals surface area contributed by atoms with Crippen molar-refractivity contribution in [3.63, 3.8) is 0 Å². The molecule has 0 unspecified atom stereocenters. The number of nitrogens with two attached hydrogens (primary N) is 1. The van der Waals surface area contributed by atoms with Gasteiger partial charge in [-0.15, -0.1) is 0 Å². The van der Waals surface area contributed by atoms with Crippen LogP contribution in [-0.4, -0.2) is 34.4 Å². The summed E-state index contributed by atoms with van der Waals surface area (Å²) in [6.45, 7) is 3.70. The van der Waals surface area contributed by atoms with Gasteiger partial charge in [-0.05, 0) is 37.1 Å². The van der Waals surface area contributed by atoms with Crippen molar-refractivity contribution in [2.75, 3.05) is 5.73 Å². The van der Waals surface area contributed by atoms with Crippen LogP contribution in [0.1, 0.15) is 22.6 Å². The van der Waals surface area contributed by atoms with Crippen molar-refractivity contribution in [3.8, 4) is 5.69 Å². The van der Waals surface area contributed by atoms with Crippen LogP contribution in [0.5, 0.6) is 0 Å². The highest BCUT2D eigenvalue weighted by Crippen LogP contribution is 2.23. The van der Waals surface area contributed by atoms with Crippen molar-refractivity contribution in [2.24, 2.45) is 0 Å². The first kappa shape index (κ1) is 19.8. The largest absolute Gasteiger partial charge is 0.390 e. The fraction of sp³-hybridized carbons (Fsp3) is 0.174. The highest BCUT2D eigenvalue weighted by molar-refractivity contribution is 5.88. The number of para-hydroxylation sites is 1. The lowest BCUT2D eigenvalue weighted by molar-refractivity contribution is 0.276. The van der Waals surface area contributed by atoms with Gasteiger partial charge in [0.2, 0.25) is 0 Å². The van der Waals surface area contributed by atoms with Gasteiger partial charge in [0.05, 0.1) is 28.6 Å². The highest BCUT2D eigenvalue weighted by atomic mass is 16.3. The Bertz CT molecular complexity index is 1550. The molecule has 160 valence electrons. The number of benzene rings is 2. The monoisotopic (exact) mass is 427 g/mol. The number of nitrogen functional groups attached to an aromatic ring is 1. The number of aryl methyl sites for hydroxylation is 2. The van der Waals surface area contributed by atoms with Crippen LogP contribution >= 0.6 is 0 Å². The summed E-state index contributed by atoms with van der Waals surface area (Å²) in [5, 5.41) is 15.3. The number of nitrogens with zero attached hydrogens (tertiary/aromatic N) is 6. The Morgan fingerprint density at radius 2 is 1.78 bits per heavy atom. The molecule has 0 saturated carbocycles. The van der Waals surface area contributed by atoms with E-state index in [0.717, 1.165) is 16.8 Å². The van der Waals surface area contributed by atoms with E-state index < -0.39 is 0 Å². The third-order valence-electron chi connectivity index (χ3n) is 5.60. The van der Waals surface area contributed by atoms with Gasteiger partial charge in [-0.3, -0.25) is 9.36 Å². The van der Waals surface area contributed by atoms with Gasteiger partial charge in [0, 0.05) is 0 Å². The molecule has 5 aromatic rings. The topological polar surface area (TPSA) is 125 Å². The van der Waals surface area contributed by atoms with Crippen LogP contribution in [0.3, 0.4) is 0 Å². The first-order valence-corrected chi connectivity index (χ1v) is 10.1. The minimum Gasteiger partial charge on any atom is -0.390 e. The summed E-state index contributed by atoms with van der Waals surface area (Å²) in [4.78, 5) is 26.9. The molecule has 9 heteroatoms.